The van der Waals surface area contributed by atoms with Gasteiger partial charge in [0.05, 0.1) is 0 Å². The summed E-state index contributed by atoms with van der Waals surface area (Å²) >= 11 is 0. The third-order valence-corrected chi connectivity index (χ3v) is 1.49. The van der Waals surface area contributed by atoms with Crippen molar-refractivity contribution in [1.82, 2.24) is 0 Å². The predicted molar refractivity (Wildman–Crippen MR) is 59.2 cm³/mol. The van der Waals surface area contributed by atoms with Crippen LogP contribution in [-0.4, -0.2) is 31.2 Å². The molecule has 0 aliphatic carbocycles. The summed E-state index contributed by atoms with van der Waals surface area (Å²) in [5.74, 6) is 0.255. The maximum Gasteiger partial charge on any atom is 0.154 e. The zero-order chi connectivity index (χ0) is 11.4. The predicted octanol–water partition coefficient (Wildman–Crippen LogP) is 2.21. The second kappa shape index (κ2) is 12.6. The minimum atomic E-state index is -0.0370. The molecule has 1 unspecified atom stereocenters. The lowest BCUT2D eigenvalue weighted by molar-refractivity contribution is -0.123. The standard InChI is InChI=1S/C6H14O2.C5H10O/c1-4-7-6(3)8-5-2;1-3-5(2)4-6/h6H,4-5H2,1-3H3;3,5-6H,1,4H2,2H3. The largest absolute Gasteiger partial charge is 0.396 e. The van der Waals surface area contributed by atoms with Crippen LogP contribution < -0.4 is 0 Å². The molecule has 3 heteroatoms. The molecule has 0 aromatic heterocycles. The summed E-state index contributed by atoms with van der Waals surface area (Å²) in [6.45, 7) is 12.8. The van der Waals surface area contributed by atoms with Gasteiger partial charge in [-0.2, -0.15) is 0 Å². The molecule has 0 fully saturated rings. The average Bonchev–Trinajstić information content (AvgIpc) is 2.18. The number of ether oxygens (including phenoxy) is 2. The normalized spacial score (nSPS) is 11.9. The Morgan fingerprint density at radius 1 is 1.21 bits per heavy atom. The van der Waals surface area contributed by atoms with E-state index in [1.165, 1.54) is 0 Å². The lowest BCUT2D eigenvalue weighted by Gasteiger charge is -2.09. The molecule has 0 saturated heterocycles. The molecule has 1 N–H and O–H groups in total. The van der Waals surface area contributed by atoms with Gasteiger partial charge in [0.1, 0.15) is 0 Å². The summed E-state index contributed by atoms with van der Waals surface area (Å²) in [6, 6.07) is 0. The summed E-state index contributed by atoms with van der Waals surface area (Å²) in [5, 5.41) is 8.26. The monoisotopic (exact) mass is 204 g/mol. The Morgan fingerprint density at radius 2 is 1.64 bits per heavy atom. The smallest absolute Gasteiger partial charge is 0.154 e. The van der Waals surface area contributed by atoms with Gasteiger partial charge in [-0.05, 0) is 26.7 Å². The van der Waals surface area contributed by atoms with E-state index in [0.717, 1.165) is 13.2 Å². The molecule has 0 rings (SSSR count). The van der Waals surface area contributed by atoms with E-state index in [-0.39, 0.29) is 18.8 Å². The topological polar surface area (TPSA) is 38.7 Å². The second-order valence-corrected chi connectivity index (χ2v) is 2.87. The Kier molecular flexibility index (Phi) is 14.5. The van der Waals surface area contributed by atoms with E-state index in [9.17, 15) is 0 Å². The summed E-state index contributed by atoms with van der Waals surface area (Å²) in [7, 11) is 0. The Morgan fingerprint density at radius 3 is 1.79 bits per heavy atom. The van der Waals surface area contributed by atoms with Gasteiger partial charge in [-0.15, -0.1) is 6.58 Å². The Balaban J connectivity index is 0. The molecule has 0 aromatic carbocycles. The van der Waals surface area contributed by atoms with Crippen molar-refractivity contribution < 1.29 is 14.6 Å². The SMILES string of the molecule is C=CC(C)CO.CCOC(C)OCC. The molecule has 0 saturated carbocycles. The van der Waals surface area contributed by atoms with Gasteiger partial charge in [-0.1, -0.05) is 13.0 Å². The van der Waals surface area contributed by atoms with Crippen LogP contribution in [0.2, 0.25) is 0 Å². The molecule has 0 aromatic rings. The van der Waals surface area contributed by atoms with E-state index < -0.39 is 0 Å². The van der Waals surface area contributed by atoms with Crippen LogP contribution >= 0.6 is 0 Å². The number of hydrogen-bond acceptors (Lipinski definition) is 3. The maximum atomic E-state index is 8.26. The highest BCUT2D eigenvalue weighted by Gasteiger charge is 1.94. The lowest BCUT2D eigenvalue weighted by atomic mass is 10.2. The number of aliphatic hydroxyl groups is 1. The van der Waals surface area contributed by atoms with Crippen molar-refractivity contribution in [3.05, 3.63) is 12.7 Å². The average molecular weight is 204 g/mol. The third-order valence-electron chi connectivity index (χ3n) is 1.49. The van der Waals surface area contributed by atoms with Crippen molar-refractivity contribution in [2.24, 2.45) is 5.92 Å². The van der Waals surface area contributed by atoms with Crippen LogP contribution in [0, 0.1) is 5.92 Å². The fourth-order valence-corrected chi connectivity index (χ4v) is 0.592. The Labute approximate surface area is 87.7 Å². The Bertz CT molecular complexity index is 109. The molecular formula is C11H24O3. The van der Waals surface area contributed by atoms with Crippen LogP contribution in [0.4, 0.5) is 0 Å². The molecule has 0 heterocycles. The van der Waals surface area contributed by atoms with Gasteiger partial charge in [-0.25, -0.2) is 0 Å². The van der Waals surface area contributed by atoms with E-state index in [1.807, 2.05) is 27.7 Å². The number of hydrogen-bond donors (Lipinski definition) is 1. The van der Waals surface area contributed by atoms with Crippen LogP contribution in [0.1, 0.15) is 27.7 Å². The van der Waals surface area contributed by atoms with Gasteiger partial charge in [-0.3, -0.25) is 0 Å². The molecule has 0 amide bonds. The maximum absolute atomic E-state index is 8.26. The van der Waals surface area contributed by atoms with Gasteiger partial charge < -0.3 is 14.6 Å². The first-order valence-corrected chi connectivity index (χ1v) is 5.08. The van der Waals surface area contributed by atoms with Crippen LogP contribution in [0.5, 0.6) is 0 Å². The minimum absolute atomic E-state index is 0.0370. The van der Waals surface area contributed by atoms with Crippen molar-refractivity contribution in [3.8, 4) is 0 Å². The molecule has 0 radical (unpaired) electrons. The summed E-state index contributed by atoms with van der Waals surface area (Å²) in [6.07, 6.45) is 1.69. The van der Waals surface area contributed by atoms with Crippen LogP contribution in [-0.2, 0) is 9.47 Å². The first-order chi connectivity index (χ1) is 6.62. The van der Waals surface area contributed by atoms with Gasteiger partial charge in [0, 0.05) is 19.8 Å². The number of rotatable bonds is 6. The van der Waals surface area contributed by atoms with Gasteiger partial charge in [0.25, 0.3) is 0 Å². The van der Waals surface area contributed by atoms with Crippen LogP contribution in [0.15, 0.2) is 12.7 Å². The fraction of sp³-hybridized carbons (Fsp3) is 0.818. The minimum Gasteiger partial charge on any atom is -0.396 e. The van der Waals surface area contributed by atoms with E-state index in [2.05, 4.69) is 6.58 Å². The Hall–Kier alpha value is -0.380. The summed E-state index contributed by atoms with van der Waals surface area (Å²) < 4.78 is 10.1. The van der Waals surface area contributed by atoms with Crippen molar-refractivity contribution in [3.63, 3.8) is 0 Å². The fourth-order valence-electron chi connectivity index (χ4n) is 0.592. The quantitative estimate of drug-likeness (QED) is 0.532. The molecule has 3 nitrogen and oxygen atoms in total. The van der Waals surface area contributed by atoms with Crippen molar-refractivity contribution in [1.29, 1.82) is 0 Å². The first kappa shape index (κ1) is 16.1. The summed E-state index contributed by atoms with van der Waals surface area (Å²) in [5.41, 5.74) is 0. The first-order valence-electron chi connectivity index (χ1n) is 5.08. The van der Waals surface area contributed by atoms with E-state index in [4.69, 9.17) is 14.6 Å². The highest BCUT2D eigenvalue weighted by atomic mass is 16.7. The van der Waals surface area contributed by atoms with Crippen LogP contribution in [0.3, 0.4) is 0 Å². The van der Waals surface area contributed by atoms with Gasteiger partial charge in [0.2, 0.25) is 0 Å². The van der Waals surface area contributed by atoms with E-state index in [1.54, 1.807) is 6.08 Å². The molecule has 0 bridgehead atoms. The van der Waals surface area contributed by atoms with Crippen molar-refractivity contribution >= 4 is 0 Å². The molecule has 14 heavy (non-hydrogen) atoms. The highest BCUT2D eigenvalue weighted by Crippen LogP contribution is 1.90. The van der Waals surface area contributed by atoms with Crippen molar-refractivity contribution in [2.75, 3.05) is 19.8 Å². The lowest BCUT2D eigenvalue weighted by Crippen LogP contribution is -2.11. The van der Waals surface area contributed by atoms with Crippen LogP contribution in [0.25, 0.3) is 0 Å². The third kappa shape index (κ3) is 14.2. The van der Waals surface area contributed by atoms with E-state index >= 15 is 0 Å². The molecular weight excluding hydrogens is 180 g/mol. The molecule has 0 spiro atoms. The molecule has 86 valence electrons. The second-order valence-electron chi connectivity index (χ2n) is 2.87. The molecule has 0 aliphatic rings. The van der Waals surface area contributed by atoms with E-state index in [0.29, 0.717) is 0 Å². The zero-order valence-electron chi connectivity index (χ0n) is 9.82. The summed E-state index contributed by atoms with van der Waals surface area (Å²) in [4.78, 5) is 0. The van der Waals surface area contributed by atoms with Gasteiger partial charge in [0.15, 0.2) is 6.29 Å². The van der Waals surface area contributed by atoms with Gasteiger partial charge >= 0.3 is 0 Å². The van der Waals surface area contributed by atoms with Crippen molar-refractivity contribution in [2.45, 2.75) is 34.0 Å². The zero-order valence-corrected chi connectivity index (χ0v) is 9.82. The highest BCUT2D eigenvalue weighted by molar-refractivity contribution is 4.72. The molecule has 1 atom stereocenters. The molecule has 0 aliphatic heterocycles. The number of aliphatic hydroxyl groups excluding tert-OH is 1.